The molecule has 0 atom stereocenters. The van der Waals surface area contributed by atoms with Crippen LogP contribution in [-0.2, 0) is 12.8 Å². The second-order valence-electron chi connectivity index (χ2n) is 18.5. The maximum atomic E-state index is 4.94. The van der Waals surface area contributed by atoms with Crippen molar-refractivity contribution in [1.29, 1.82) is 0 Å². The van der Waals surface area contributed by atoms with Crippen molar-refractivity contribution in [3.8, 4) is 22.3 Å². The lowest BCUT2D eigenvalue weighted by Crippen LogP contribution is -2.15. The maximum Gasteiger partial charge on any atom is 0.131 e. The third-order valence-corrected chi connectivity index (χ3v) is 13.7. The van der Waals surface area contributed by atoms with Gasteiger partial charge >= 0.3 is 0 Å². The standard InChI is InChI=1S/C28H42N2.C27H40N2/c1-4-6-7-8-9-10-12-24-13-17-25(18-14-24)27-21-29-28(30-22(27)3)26-19-15-23(11-5-2)16-20-26;1-4-6-7-8-9-11-23-12-16-24(17-13-23)26-20-28-27(29-21(26)3)25-18-14-22(10-5-2)15-19-25/h13-14,17-18,21,23,26H,4-12,15-16,19-20H2,1-3H3;12-13,16-17,20,22,25H,4-11,14-15,18-19H2,1-3H3. The summed E-state index contributed by atoms with van der Waals surface area (Å²) in [5.74, 6) is 5.13. The van der Waals surface area contributed by atoms with Crippen LogP contribution in [0.2, 0.25) is 0 Å². The first-order valence-corrected chi connectivity index (χ1v) is 24.8. The van der Waals surface area contributed by atoms with Crippen molar-refractivity contribution < 1.29 is 0 Å². The van der Waals surface area contributed by atoms with E-state index in [-0.39, 0.29) is 0 Å². The lowest BCUT2D eigenvalue weighted by molar-refractivity contribution is 0.302. The number of aryl methyl sites for hydroxylation is 4. The van der Waals surface area contributed by atoms with E-state index in [0.29, 0.717) is 11.8 Å². The van der Waals surface area contributed by atoms with Gasteiger partial charge in [0, 0.05) is 46.7 Å². The molecule has 2 aromatic carbocycles. The average Bonchev–Trinajstić information content (AvgIpc) is 3.26. The van der Waals surface area contributed by atoms with Crippen LogP contribution in [0.5, 0.6) is 0 Å². The van der Waals surface area contributed by atoms with Gasteiger partial charge in [0.15, 0.2) is 0 Å². The summed E-state index contributed by atoms with van der Waals surface area (Å²) >= 11 is 0. The molecule has 0 spiro atoms. The van der Waals surface area contributed by atoms with Crippen LogP contribution in [0.3, 0.4) is 0 Å². The number of rotatable bonds is 21. The van der Waals surface area contributed by atoms with Gasteiger partial charge in [-0.1, -0.05) is 160 Å². The number of aromatic nitrogens is 4. The van der Waals surface area contributed by atoms with Gasteiger partial charge in [0.2, 0.25) is 0 Å². The van der Waals surface area contributed by atoms with E-state index >= 15 is 0 Å². The Hall–Kier alpha value is -3.40. The zero-order valence-corrected chi connectivity index (χ0v) is 38.5. The average molecular weight is 799 g/mol. The van der Waals surface area contributed by atoms with Gasteiger partial charge in [0.25, 0.3) is 0 Å². The zero-order valence-electron chi connectivity index (χ0n) is 38.5. The molecule has 0 saturated heterocycles. The van der Waals surface area contributed by atoms with E-state index < -0.39 is 0 Å². The van der Waals surface area contributed by atoms with Gasteiger partial charge in [-0.25, -0.2) is 19.9 Å². The summed E-state index contributed by atoms with van der Waals surface area (Å²) in [6.45, 7) is 13.4. The van der Waals surface area contributed by atoms with E-state index in [0.717, 1.165) is 34.9 Å². The van der Waals surface area contributed by atoms with Crippen LogP contribution in [-0.4, -0.2) is 19.9 Å². The highest BCUT2D eigenvalue weighted by Crippen LogP contribution is 2.38. The smallest absolute Gasteiger partial charge is 0.131 e. The van der Waals surface area contributed by atoms with E-state index in [9.17, 15) is 0 Å². The Morgan fingerprint density at radius 1 is 0.424 bits per heavy atom. The van der Waals surface area contributed by atoms with E-state index in [1.165, 1.54) is 194 Å². The quantitative estimate of drug-likeness (QED) is 0.0788. The summed E-state index contributed by atoms with van der Waals surface area (Å²) in [7, 11) is 0. The minimum Gasteiger partial charge on any atom is -0.240 e. The lowest BCUT2D eigenvalue weighted by Gasteiger charge is -2.27. The first-order chi connectivity index (χ1) is 28.9. The highest BCUT2D eigenvalue weighted by molar-refractivity contribution is 5.66. The van der Waals surface area contributed by atoms with Crippen LogP contribution < -0.4 is 0 Å². The Morgan fingerprint density at radius 2 is 0.780 bits per heavy atom. The second kappa shape index (κ2) is 26.0. The summed E-state index contributed by atoms with van der Waals surface area (Å²) in [4.78, 5) is 19.5. The molecule has 4 heteroatoms. The van der Waals surface area contributed by atoms with E-state index in [1.807, 2.05) is 0 Å². The van der Waals surface area contributed by atoms with Crippen molar-refractivity contribution >= 4 is 0 Å². The molecule has 2 heterocycles. The number of benzene rings is 2. The molecule has 0 amide bonds. The second-order valence-corrected chi connectivity index (χ2v) is 18.5. The van der Waals surface area contributed by atoms with Crippen LogP contribution in [0, 0.1) is 25.7 Å². The minimum atomic E-state index is 0.561. The predicted octanol–water partition coefficient (Wildman–Crippen LogP) is 16.5. The van der Waals surface area contributed by atoms with Gasteiger partial charge in [-0.15, -0.1) is 0 Å². The molecule has 6 rings (SSSR count). The topological polar surface area (TPSA) is 51.6 Å². The van der Waals surface area contributed by atoms with Crippen molar-refractivity contribution in [2.24, 2.45) is 11.8 Å². The Balaban J connectivity index is 0.000000224. The SMILES string of the molecule is CCCCCCCCc1ccc(-c2cnc(C3CCC(CCC)CC3)nc2C)cc1.CCCCCCCc1ccc(-c2cnc(C3CCC(CCC)CC3)nc2C)cc1. The summed E-state index contributed by atoms with van der Waals surface area (Å²) < 4.78 is 0. The third-order valence-electron chi connectivity index (χ3n) is 13.7. The molecule has 2 fully saturated rings. The van der Waals surface area contributed by atoms with Crippen molar-refractivity contribution in [2.45, 2.75) is 214 Å². The summed E-state index contributed by atoms with van der Waals surface area (Å²) in [6.07, 6.45) is 37.2. The van der Waals surface area contributed by atoms with Gasteiger partial charge in [-0.2, -0.15) is 0 Å². The summed E-state index contributed by atoms with van der Waals surface area (Å²) in [5.41, 5.74) is 10.0. The molecule has 2 aromatic heterocycles. The number of hydrogen-bond acceptors (Lipinski definition) is 4. The fourth-order valence-electron chi connectivity index (χ4n) is 9.91. The Morgan fingerprint density at radius 3 is 1.12 bits per heavy atom. The van der Waals surface area contributed by atoms with Crippen LogP contribution in [0.4, 0.5) is 0 Å². The molecular formula is C55H82N4. The van der Waals surface area contributed by atoms with Crippen LogP contribution in [0.15, 0.2) is 60.9 Å². The van der Waals surface area contributed by atoms with Gasteiger partial charge in [-0.3, -0.25) is 0 Å². The first-order valence-electron chi connectivity index (χ1n) is 24.8. The highest BCUT2D eigenvalue weighted by atomic mass is 14.9. The van der Waals surface area contributed by atoms with Crippen molar-refractivity contribution in [3.63, 3.8) is 0 Å². The van der Waals surface area contributed by atoms with Gasteiger partial charge < -0.3 is 0 Å². The van der Waals surface area contributed by atoms with Gasteiger partial charge in [-0.05, 0) is 125 Å². The van der Waals surface area contributed by atoms with E-state index in [2.05, 4.69) is 102 Å². The van der Waals surface area contributed by atoms with Crippen LogP contribution in [0.25, 0.3) is 22.3 Å². The molecule has 0 N–H and O–H groups in total. The number of hydrogen-bond donors (Lipinski definition) is 0. The molecule has 0 unspecified atom stereocenters. The van der Waals surface area contributed by atoms with Crippen molar-refractivity contribution in [1.82, 2.24) is 19.9 Å². The molecule has 4 nitrogen and oxygen atoms in total. The Bertz CT molecular complexity index is 1730. The predicted molar refractivity (Wildman–Crippen MR) is 253 cm³/mol. The fraction of sp³-hybridized carbons (Fsp3) is 0.636. The summed E-state index contributed by atoms with van der Waals surface area (Å²) in [6, 6.07) is 18.2. The first kappa shape index (κ1) is 46.7. The lowest BCUT2D eigenvalue weighted by atomic mass is 9.79. The molecule has 0 radical (unpaired) electrons. The molecular weight excluding hydrogens is 717 g/mol. The molecule has 0 aliphatic heterocycles. The monoisotopic (exact) mass is 799 g/mol. The summed E-state index contributed by atoms with van der Waals surface area (Å²) in [5, 5.41) is 0. The third kappa shape index (κ3) is 15.2. The van der Waals surface area contributed by atoms with Gasteiger partial charge in [0.1, 0.15) is 11.6 Å². The molecule has 4 aromatic rings. The van der Waals surface area contributed by atoms with Crippen molar-refractivity contribution in [2.75, 3.05) is 0 Å². The Labute approximate surface area is 361 Å². The molecule has 59 heavy (non-hydrogen) atoms. The Kier molecular flexibility index (Phi) is 20.6. The number of unbranched alkanes of at least 4 members (excludes halogenated alkanes) is 9. The molecule has 2 aliphatic carbocycles. The highest BCUT2D eigenvalue weighted by Gasteiger charge is 2.25. The molecule has 322 valence electrons. The van der Waals surface area contributed by atoms with Gasteiger partial charge in [0.05, 0.1) is 0 Å². The molecule has 2 aliphatic rings. The van der Waals surface area contributed by atoms with E-state index in [1.54, 1.807) is 0 Å². The minimum absolute atomic E-state index is 0.561. The van der Waals surface area contributed by atoms with E-state index in [4.69, 9.17) is 19.9 Å². The maximum absolute atomic E-state index is 4.94. The van der Waals surface area contributed by atoms with Crippen LogP contribution in [0.1, 0.15) is 221 Å². The van der Waals surface area contributed by atoms with Crippen molar-refractivity contribution in [3.05, 3.63) is 95.1 Å². The normalized spacial score (nSPS) is 19.3. The molecule has 2 saturated carbocycles. The number of nitrogens with zero attached hydrogens (tertiary/aromatic N) is 4. The largest absolute Gasteiger partial charge is 0.240 e. The van der Waals surface area contributed by atoms with Crippen LogP contribution >= 0.6 is 0 Å². The molecule has 0 bridgehead atoms. The zero-order chi connectivity index (χ0) is 41.7. The fourth-order valence-corrected chi connectivity index (χ4v) is 9.91.